The Morgan fingerprint density at radius 1 is 1.26 bits per heavy atom. The second-order valence-corrected chi connectivity index (χ2v) is 8.36. The minimum absolute atomic E-state index is 0.0574. The summed E-state index contributed by atoms with van der Waals surface area (Å²) in [5.41, 5.74) is 1.12. The Morgan fingerprint density at radius 2 is 2.04 bits per heavy atom. The number of sulfone groups is 1. The fourth-order valence-electron chi connectivity index (χ4n) is 2.84. The Kier molecular flexibility index (Phi) is 7.05. The topological polar surface area (TPSA) is 75.3 Å². The summed E-state index contributed by atoms with van der Waals surface area (Å²) in [5.74, 6) is -0.125. The fourth-order valence-corrected chi connectivity index (χ4v) is 4.07. The first-order valence-corrected chi connectivity index (χ1v) is 10.1. The number of aryl methyl sites for hydroxylation is 1. The Morgan fingerprint density at radius 3 is 2.74 bits per heavy atom. The molecule has 1 aromatic carbocycles. The zero-order valence-corrected chi connectivity index (χ0v) is 14.3. The third-order valence-corrected chi connectivity index (χ3v) is 5.76. The van der Waals surface area contributed by atoms with Crippen LogP contribution >= 0.6 is 0 Å². The van der Waals surface area contributed by atoms with Gasteiger partial charge in [0.2, 0.25) is 5.91 Å². The molecule has 0 aliphatic carbocycles. The highest BCUT2D eigenvalue weighted by Crippen LogP contribution is 2.10. The molecule has 1 aromatic rings. The number of amides is 1. The Hall–Kier alpha value is -1.40. The molecule has 6 heteroatoms. The van der Waals surface area contributed by atoms with Crippen molar-refractivity contribution in [2.45, 2.75) is 25.7 Å². The first-order chi connectivity index (χ1) is 11.1. The number of carbonyl (C=O) groups excluding carboxylic acids is 1. The summed E-state index contributed by atoms with van der Waals surface area (Å²) >= 11 is 0. The lowest BCUT2D eigenvalue weighted by molar-refractivity contribution is -0.118. The predicted octanol–water partition coefficient (Wildman–Crippen LogP) is 1.15. The van der Waals surface area contributed by atoms with E-state index < -0.39 is 15.6 Å². The van der Waals surface area contributed by atoms with Crippen LogP contribution in [-0.2, 0) is 21.1 Å². The molecule has 1 saturated heterocycles. The average Bonchev–Trinajstić information content (AvgIpc) is 3.01. The van der Waals surface area contributed by atoms with Gasteiger partial charge in [-0.1, -0.05) is 30.3 Å². The van der Waals surface area contributed by atoms with Crippen LogP contribution < -0.4 is 10.6 Å². The molecule has 2 N–H and O–H groups in total. The number of benzene rings is 1. The second kappa shape index (κ2) is 9.03. The molecule has 1 aliphatic heterocycles. The zero-order chi connectivity index (χ0) is 16.5. The fraction of sp³-hybridized carbons (Fsp3) is 0.588. The average molecular weight is 338 g/mol. The number of nitrogens with one attached hydrogen (secondary N) is 2. The molecule has 1 unspecified atom stereocenters. The molecule has 1 amide bonds. The molecule has 0 spiro atoms. The van der Waals surface area contributed by atoms with Crippen LogP contribution in [0.25, 0.3) is 0 Å². The van der Waals surface area contributed by atoms with Gasteiger partial charge in [0, 0.05) is 6.54 Å². The third kappa shape index (κ3) is 7.14. The normalized spacial score (nSPS) is 18.0. The molecule has 128 valence electrons. The van der Waals surface area contributed by atoms with Crippen molar-refractivity contribution in [2.75, 3.05) is 31.1 Å². The van der Waals surface area contributed by atoms with E-state index in [0.717, 1.165) is 37.9 Å². The van der Waals surface area contributed by atoms with Crippen molar-refractivity contribution in [3.05, 3.63) is 35.9 Å². The van der Waals surface area contributed by atoms with Gasteiger partial charge in [-0.05, 0) is 50.3 Å². The Labute approximate surface area is 138 Å². The quantitative estimate of drug-likeness (QED) is 0.708. The summed E-state index contributed by atoms with van der Waals surface area (Å²) in [5, 5.41) is 6.00. The molecule has 0 bridgehead atoms. The van der Waals surface area contributed by atoms with Gasteiger partial charge in [-0.25, -0.2) is 8.42 Å². The van der Waals surface area contributed by atoms with Crippen molar-refractivity contribution >= 4 is 15.7 Å². The van der Waals surface area contributed by atoms with E-state index in [1.807, 2.05) is 30.3 Å². The first kappa shape index (κ1) is 17.9. The maximum atomic E-state index is 12.0. The number of hydrogen-bond acceptors (Lipinski definition) is 4. The standard InChI is InChI=1S/C17H26N2O3S/c20-17(19-11-9-16-8-10-18-13-16)14-23(21,22)12-4-7-15-5-2-1-3-6-15/h1-3,5-6,16,18H,4,7-14H2,(H,19,20). The van der Waals surface area contributed by atoms with Gasteiger partial charge in [0.1, 0.15) is 5.75 Å². The van der Waals surface area contributed by atoms with Crippen LogP contribution in [0.4, 0.5) is 0 Å². The first-order valence-electron chi connectivity index (χ1n) is 8.27. The summed E-state index contributed by atoms with van der Waals surface area (Å²) in [4.78, 5) is 11.8. The number of hydrogen-bond donors (Lipinski definition) is 2. The molecule has 1 atom stereocenters. The molecule has 2 rings (SSSR count). The van der Waals surface area contributed by atoms with E-state index in [1.54, 1.807) is 0 Å². The summed E-state index contributed by atoms with van der Waals surface area (Å²) < 4.78 is 24.0. The molecule has 1 fully saturated rings. The van der Waals surface area contributed by atoms with E-state index in [0.29, 0.717) is 18.9 Å². The van der Waals surface area contributed by atoms with E-state index in [4.69, 9.17) is 0 Å². The van der Waals surface area contributed by atoms with Crippen molar-refractivity contribution in [2.24, 2.45) is 5.92 Å². The zero-order valence-electron chi connectivity index (χ0n) is 13.5. The molecular formula is C17H26N2O3S. The highest BCUT2D eigenvalue weighted by atomic mass is 32.2. The molecule has 0 saturated carbocycles. The van der Waals surface area contributed by atoms with Crippen LogP contribution in [0, 0.1) is 5.92 Å². The molecule has 23 heavy (non-hydrogen) atoms. The van der Waals surface area contributed by atoms with Gasteiger partial charge in [-0.15, -0.1) is 0 Å². The molecule has 5 nitrogen and oxygen atoms in total. The van der Waals surface area contributed by atoms with Gasteiger partial charge in [-0.3, -0.25) is 4.79 Å². The number of carbonyl (C=O) groups is 1. The third-order valence-electron chi connectivity index (χ3n) is 4.15. The van der Waals surface area contributed by atoms with Crippen molar-refractivity contribution < 1.29 is 13.2 Å². The molecular weight excluding hydrogens is 312 g/mol. The van der Waals surface area contributed by atoms with E-state index in [-0.39, 0.29) is 11.7 Å². The Balaban J connectivity index is 1.62. The summed E-state index contributed by atoms with van der Waals surface area (Å²) in [6.45, 7) is 2.59. The lowest BCUT2D eigenvalue weighted by Gasteiger charge is -2.09. The van der Waals surface area contributed by atoms with Crippen LogP contribution in [0.2, 0.25) is 0 Å². The smallest absolute Gasteiger partial charge is 0.235 e. The van der Waals surface area contributed by atoms with Crippen LogP contribution in [-0.4, -0.2) is 45.5 Å². The van der Waals surface area contributed by atoms with Gasteiger partial charge in [0.05, 0.1) is 5.75 Å². The highest BCUT2D eigenvalue weighted by Gasteiger charge is 2.18. The van der Waals surface area contributed by atoms with Crippen LogP contribution in [0.15, 0.2) is 30.3 Å². The predicted molar refractivity (Wildman–Crippen MR) is 92.0 cm³/mol. The SMILES string of the molecule is O=C(CS(=O)(=O)CCCc1ccccc1)NCCC1CCNC1. The lowest BCUT2D eigenvalue weighted by Crippen LogP contribution is -2.33. The van der Waals surface area contributed by atoms with Crippen molar-refractivity contribution in [3.8, 4) is 0 Å². The lowest BCUT2D eigenvalue weighted by atomic mass is 10.1. The van der Waals surface area contributed by atoms with Crippen molar-refractivity contribution in [1.82, 2.24) is 10.6 Å². The van der Waals surface area contributed by atoms with E-state index >= 15 is 0 Å². The Bertz CT molecular complexity index is 581. The maximum absolute atomic E-state index is 12.0. The molecule has 1 aliphatic rings. The monoisotopic (exact) mass is 338 g/mol. The van der Waals surface area contributed by atoms with Crippen LogP contribution in [0.5, 0.6) is 0 Å². The molecule has 1 heterocycles. The summed E-state index contributed by atoms with van der Waals surface area (Å²) in [7, 11) is -3.32. The summed E-state index contributed by atoms with van der Waals surface area (Å²) in [6.07, 6.45) is 3.31. The number of rotatable bonds is 9. The van der Waals surface area contributed by atoms with Crippen molar-refractivity contribution in [3.63, 3.8) is 0 Å². The van der Waals surface area contributed by atoms with Gasteiger partial charge >= 0.3 is 0 Å². The maximum Gasteiger partial charge on any atom is 0.235 e. The van der Waals surface area contributed by atoms with Gasteiger partial charge in [0.25, 0.3) is 0 Å². The van der Waals surface area contributed by atoms with E-state index in [1.165, 1.54) is 0 Å². The molecule has 0 aromatic heterocycles. The summed E-state index contributed by atoms with van der Waals surface area (Å²) in [6, 6.07) is 9.79. The van der Waals surface area contributed by atoms with Crippen molar-refractivity contribution in [1.29, 1.82) is 0 Å². The van der Waals surface area contributed by atoms with Crippen LogP contribution in [0.1, 0.15) is 24.8 Å². The van der Waals surface area contributed by atoms with Gasteiger partial charge < -0.3 is 10.6 Å². The largest absolute Gasteiger partial charge is 0.355 e. The highest BCUT2D eigenvalue weighted by molar-refractivity contribution is 7.92. The van der Waals surface area contributed by atoms with E-state index in [9.17, 15) is 13.2 Å². The minimum atomic E-state index is -3.32. The van der Waals surface area contributed by atoms with E-state index in [2.05, 4.69) is 10.6 Å². The van der Waals surface area contributed by atoms with Gasteiger partial charge in [0.15, 0.2) is 9.84 Å². The molecule has 0 radical (unpaired) electrons. The second-order valence-electron chi connectivity index (χ2n) is 6.18. The van der Waals surface area contributed by atoms with Crippen LogP contribution in [0.3, 0.4) is 0 Å². The minimum Gasteiger partial charge on any atom is -0.355 e. The van der Waals surface area contributed by atoms with Gasteiger partial charge in [-0.2, -0.15) is 0 Å².